The molecule has 1 aromatic rings. The van der Waals surface area contributed by atoms with Gasteiger partial charge in [0, 0.05) is 19.1 Å². The number of aromatic nitrogens is 1. The van der Waals surface area contributed by atoms with Gasteiger partial charge in [-0.3, -0.25) is 4.79 Å². The summed E-state index contributed by atoms with van der Waals surface area (Å²) in [6.45, 7) is 4.24. The lowest BCUT2D eigenvalue weighted by Gasteiger charge is -2.38. The van der Waals surface area contributed by atoms with E-state index in [2.05, 4.69) is 24.1 Å². The lowest BCUT2D eigenvalue weighted by molar-refractivity contribution is 0.0504. The second-order valence-electron chi connectivity index (χ2n) is 5.02. The van der Waals surface area contributed by atoms with Gasteiger partial charge in [-0.25, -0.2) is 4.98 Å². The topological polar surface area (TPSA) is 45.2 Å². The maximum absolute atomic E-state index is 12.5. The number of pyridine rings is 1. The molecule has 1 amide bonds. The number of carbonyl (C=O) groups excluding carboxylic acids is 1. The zero-order chi connectivity index (χ0) is 13.1. The summed E-state index contributed by atoms with van der Waals surface area (Å²) >= 11 is 0. The van der Waals surface area contributed by atoms with Gasteiger partial charge in [-0.05, 0) is 45.2 Å². The molecule has 2 unspecified atom stereocenters. The van der Waals surface area contributed by atoms with Crippen molar-refractivity contribution in [2.24, 2.45) is 0 Å². The Labute approximate surface area is 108 Å². The van der Waals surface area contributed by atoms with E-state index in [1.165, 1.54) is 6.42 Å². The van der Waals surface area contributed by atoms with Crippen LogP contribution in [0.1, 0.15) is 43.6 Å². The van der Waals surface area contributed by atoms with Crippen molar-refractivity contribution in [1.82, 2.24) is 9.88 Å². The van der Waals surface area contributed by atoms with Crippen LogP contribution in [0, 0.1) is 0 Å². The fourth-order valence-electron chi connectivity index (χ4n) is 2.62. The van der Waals surface area contributed by atoms with E-state index in [4.69, 9.17) is 0 Å². The summed E-state index contributed by atoms with van der Waals surface area (Å²) in [7, 11) is 1.84. The Kier molecular flexibility index (Phi) is 3.84. The summed E-state index contributed by atoms with van der Waals surface area (Å²) in [6, 6.07) is 4.31. The molecule has 4 nitrogen and oxygen atoms in total. The average molecular weight is 247 g/mol. The maximum atomic E-state index is 12.5. The lowest BCUT2D eigenvalue weighted by atomic mass is 9.97. The smallest absolute Gasteiger partial charge is 0.272 e. The minimum absolute atomic E-state index is 0.0531. The van der Waals surface area contributed by atoms with Crippen LogP contribution in [-0.4, -0.2) is 34.9 Å². The largest absolute Gasteiger partial charge is 0.387 e. The number of nitrogens with zero attached hydrogens (tertiary/aromatic N) is 2. The number of rotatable bonds is 2. The van der Waals surface area contributed by atoms with Crippen molar-refractivity contribution in [1.29, 1.82) is 0 Å². The predicted octanol–water partition coefficient (Wildman–Crippen LogP) is 2.53. The van der Waals surface area contributed by atoms with Crippen LogP contribution in [0.4, 0.5) is 5.69 Å². The van der Waals surface area contributed by atoms with E-state index in [0.717, 1.165) is 18.5 Å². The molecule has 1 saturated heterocycles. The first kappa shape index (κ1) is 12.9. The molecule has 0 radical (unpaired) electrons. The van der Waals surface area contributed by atoms with Crippen molar-refractivity contribution in [3.63, 3.8) is 0 Å². The molecule has 0 aliphatic carbocycles. The molecule has 2 heterocycles. The molecule has 0 spiro atoms. The van der Waals surface area contributed by atoms with Gasteiger partial charge in [0.25, 0.3) is 5.91 Å². The number of nitrogens with one attached hydrogen (secondary N) is 1. The first-order valence-electron chi connectivity index (χ1n) is 6.60. The summed E-state index contributed by atoms with van der Waals surface area (Å²) in [6.07, 6.45) is 5.08. The standard InChI is InChI=1S/C14H21N3O/c1-10-5-4-6-11(2)17(10)14(18)13-8-7-12(15-3)9-16-13/h7-11,15H,4-6H2,1-3H3. The maximum Gasteiger partial charge on any atom is 0.272 e. The molecular formula is C14H21N3O. The van der Waals surface area contributed by atoms with Crippen molar-refractivity contribution < 1.29 is 4.79 Å². The second kappa shape index (κ2) is 5.38. The lowest BCUT2D eigenvalue weighted by Crippen LogP contribution is -2.47. The zero-order valence-electron chi connectivity index (χ0n) is 11.3. The minimum atomic E-state index is 0.0531. The van der Waals surface area contributed by atoms with Crippen molar-refractivity contribution in [3.05, 3.63) is 24.0 Å². The van der Waals surface area contributed by atoms with Gasteiger partial charge < -0.3 is 10.2 Å². The molecule has 0 bridgehead atoms. The predicted molar refractivity (Wildman–Crippen MR) is 72.7 cm³/mol. The van der Waals surface area contributed by atoms with E-state index in [1.54, 1.807) is 12.3 Å². The summed E-state index contributed by atoms with van der Waals surface area (Å²) in [5.74, 6) is 0.0531. The highest BCUT2D eigenvalue weighted by atomic mass is 16.2. The number of hydrogen-bond donors (Lipinski definition) is 1. The van der Waals surface area contributed by atoms with Gasteiger partial charge in [0.1, 0.15) is 5.69 Å². The van der Waals surface area contributed by atoms with Crippen LogP contribution >= 0.6 is 0 Å². The Morgan fingerprint density at radius 2 is 2.00 bits per heavy atom. The van der Waals surface area contributed by atoms with E-state index in [-0.39, 0.29) is 5.91 Å². The van der Waals surface area contributed by atoms with Crippen molar-refractivity contribution >= 4 is 11.6 Å². The normalized spacial score (nSPS) is 23.8. The van der Waals surface area contributed by atoms with Crippen LogP contribution in [0.5, 0.6) is 0 Å². The van der Waals surface area contributed by atoms with Crippen LogP contribution in [0.15, 0.2) is 18.3 Å². The SMILES string of the molecule is CNc1ccc(C(=O)N2C(C)CCCC2C)nc1. The number of carbonyl (C=O) groups is 1. The van der Waals surface area contributed by atoms with Crippen LogP contribution in [0.2, 0.25) is 0 Å². The molecule has 1 aromatic heterocycles. The van der Waals surface area contributed by atoms with Gasteiger partial charge in [0.2, 0.25) is 0 Å². The Balaban J connectivity index is 2.18. The van der Waals surface area contributed by atoms with Crippen LogP contribution in [0.25, 0.3) is 0 Å². The number of hydrogen-bond acceptors (Lipinski definition) is 3. The molecule has 2 atom stereocenters. The first-order valence-corrected chi connectivity index (χ1v) is 6.60. The van der Waals surface area contributed by atoms with E-state index < -0.39 is 0 Å². The third-order valence-corrected chi connectivity index (χ3v) is 3.70. The minimum Gasteiger partial charge on any atom is -0.387 e. The van der Waals surface area contributed by atoms with Crippen LogP contribution in [0.3, 0.4) is 0 Å². The van der Waals surface area contributed by atoms with E-state index in [1.807, 2.05) is 18.0 Å². The molecule has 98 valence electrons. The highest BCUT2D eigenvalue weighted by molar-refractivity contribution is 5.93. The molecule has 1 aliphatic heterocycles. The van der Waals surface area contributed by atoms with E-state index in [0.29, 0.717) is 17.8 Å². The molecule has 0 aromatic carbocycles. The first-order chi connectivity index (χ1) is 8.63. The van der Waals surface area contributed by atoms with Crippen molar-refractivity contribution in [2.75, 3.05) is 12.4 Å². The van der Waals surface area contributed by atoms with Gasteiger partial charge in [-0.2, -0.15) is 0 Å². The van der Waals surface area contributed by atoms with Crippen molar-refractivity contribution in [2.45, 2.75) is 45.2 Å². The molecule has 0 saturated carbocycles. The van der Waals surface area contributed by atoms with E-state index in [9.17, 15) is 4.79 Å². The van der Waals surface area contributed by atoms with Gasteiger partial charge in [0.15, 0.2) is 0 Å². The Bertz CT molecular complexity index is 406. The average Bonchev–Trinajstić information content (AvgIpc) is 2.38. The second-order valence-corrected chi connectivity index (χ2v) is 5.02. The van der Waals surface area contributed by atoms with E-state index >= 15 is 0 Å². The molecular weight excluding hydrogens is 226 g/mol. The molecule has 18 heavy (non-hydrogen) atoms. The van der Waals surface area contributed by atoms with Crippen LogP contribution in [-0.2, 0) is 0 Å². The van der Waals surface area contributed by atoms with Gasteiger partial charge >= 0.3 is 0 Å². The number of amides is 1. The fourth-order valence-corrected chi connectivity index (χ4v) is 2.62. The highest BCUT2D eigenvalue weighted by Gasteiger charge is 2.30. The number of anilines is 1. The molecule has 1 fully saturated rings. The molecule has 4 heteroatoms. The Hall–Kier alpha value is -1.58. The summed E-state index contributed by atoms with van der Waals surface area (Å²) in [5.41, 5.74) is 1.46. The Morgan fingerprint density at radius 3 is 2.50 bits per heavy atom. The molecule has 1 aliphatic rings. The van der Waals surface area contributed by atoms with Crippen molar-refractivity contribution in [3.8, 4) is 0 Å². The summed E-state index contributed by atoms with van der Waals surface area (Å²) in [4.78, 5) is 18.7. The third-order valence-electron chi connectivity index (χ3n) is 3.70. The summed E-state index contributed by atoms with van der Waals surface area (Å²) < 4.78 is 0. The Morgan fingerprint density at radius 1 is 1.33 bits per heavy atom. The third kappa shape index (κ3) is 2.47. The quantitative estimate of drug-likeness (QED) is 0.873. The molecule has 2 rings (SSSR count). The number of piperidine rings is 1. The molecule has 1 N–H and O–H groups in total. The van der Waals surface area contributed by atoms with Gasteiger partial charge in [-0.15, -0.1) is 0 Å². The highest BCUT2D eigenvalue weighted by Crippen LogP contribution is 2.24. The monoisotopic (exact) mass is 247 g/mol. The van der Waals surface area contributed by atoms with Gasteiger partial charge in [0.05, 0.1) is 11.9 Å². The number of likely N-dealkylation sites (tertiary alicyclic amines) is 1. The summed E-state index contributed by atoms with van der Waals surface area (Å²) in [5, 5.41) is 3.00. The van der Waals surface area contributed by atoms with Crippen LogP contribution < -0.4 is 5.32 Å². The van der Waals surface area contributed by atoms with Gasteiger partial charge in [-0.1, -0.05) is 0 Å². The zero-order valence-corrected chi connectivity index (χ0v) is 11.3. The fraction of sp³-hybridized carbons (Fsp3) is 0.571.